The van der Waals surface area contributed by atoms with Crippen LogP contribution in [0.2, 0.25) is 0 Å². The zero-order chi connectivity index (χ0) is 15.0. The summed E-state index contributed by atoms with van der Waals surface area (Å²) in [5.74, 6) is 0.455. The van der Waals surface area contributed by atoms with Crippen LogP contribution in [-0.2, 0) is 4.79 Å². The molecule has 2 heterocycles. The molecule has 114 valence electrons. The Hall–Kier alpha value is -1.36. The standard InChI is InChI=1S/C16H22N2O2S/c1-17(2)14(19)12-5-3-7-16(12)8-9-18(11-16)15(20)13-6-4-10-21-13/h4,6,10,12H,3,5,7-9,11H2,1-2H3/t12-,16-/m1/s1. The molecule has 1 aromatic rings. The number of nitrogens with zero attached hydrogens (tertiary/aromatic N) is 2. The minimum Gasteiger partial charge on any atom is -0.349 e. The lowest BCUT2D eigenvalue weighted by atomic mass is 9.76. The van der Waals surface area contributed by atoms with Crippen LogP contribution in [0.1, 0.15) is 35.4 Å². The van der Waals surface area contributed by atoms with Crippen molar-refractivity contribution in [2.45, 2.75) is 25.7 Å². The number of thiophene rings is 1. The summed E-state index contributed by atoms with van der Waals surface area (Å²) < 4.78 is 0. The van der Waals surface area contributed by atoms with E-state index >= 15 is 0 Å². The van der Waals surface area contributed by atoms with Gasteiger partial charge in [-0.3, -0.25) is 9.59 Å². The first-order chi connectivity index (χ1) is 10.0. The van der Waals surface area contributed by atoms with Crippen molar-refractivity contribution in [3.63, 3.8) is 0 Å². The van der Waals surface area contributed by atoms with Crippen molar-refractivity contribution < 1.29 is 9.59 Å². The van der Waals surface area contributed by atoms with Crippen LogP contribution in [0.25, 0.3) is 0 Å². The SMILES string of the molecule is CN(C)C(=O)[C@H]1CCC[C@]12CCN(C(=O)c1cccs1)C2. The van der Waals surface area contributed by atoms with Crippen molar-refractivity contribution in [2.24, 2.45) is 11.3 Å². The molecule has 21 heavy (non-hydrogen) atoms. The lowest BCUT2D eigenvalue weighted by Gasteiger charge is -2.32. The highest BCUT2D eigenvalue weighted by Crippen LogP contribution is 2.50. The Morgan fingerprint density at radius 1 is 1.38 bits per heavy atom. The average Bonchev–Trinajstić information content (AvgIpc) is 3.19. The van der Waals surface area contributed by atoms with E-state index in [-0.39, 0.29) is 23.1 Å². The zero-order valence-electron chi connectivity index (χ0n) is 12.7. The lowest BCUT2D eigenvalue weighted by molar-refractivity contribution is -0.136. The van der Waals surface area contributed by atoms with E-state index in [4.69, 9.17) is 0 Å². The fraction of sp³-hybridized carbons (Fsp3) is 0.625. The van der Waals surface area contributed by atoms with Crippen LogP contribution < -0.4 is 0 Å². The quantitative estimate of drug-likeness (QED) is 0.842. The van der Waals surface area contributed by atoms with E-state index in [0.29, 0.717) is 0 Å². The maximum Gasteiger partial charge on any atom is 0.263 e. The number of rotatable bonds is 2. The van der Waals surface area contributed by atoms with Gasteiger partial charge in [0.1, 0.15) is 0 Å². The van der Waals surface area contributed by atoms with Gasteiger partial charge in [0.15, 0.2) is 0 Å². The molecule has 2 atom stereocenters. The molecule has 5 heteroatoms. The summed E-state index contributed by atoms with van der Waals surface area (Å²) in [6.07, 6.45) is 4.11. The summed E-state index contributed by atoms with van der Waals surface area (Å²) >= 11 is 1.49. The molecule has 2 aliphatic rings. The fourth-order valence-corrected chi connectivity index (χ4v) is 4.64. The van der Waals surface area contributed by atoms with Crippen molar-refractivity contribution in [3.8, 4) is 0 Å². The molecule has 1 aromatic heterocycles. The fourth-order valence-electron chi connectivity index (χ4n) is 3.95. The Balaban J connectivity index is 1.76. The van der Waals surface area contributed by atoms with Gasteiger partial charge in [0.25, 0.3) is 5.91 Å². The van der Waals surface area contributed by atoms with Gasteiger partial charge in [0, 0.05) is 38.5 Å². The molecular weight excluding hydrogens is 284 g/mol. The third-order valence-electron chi connectivity index (χ3n) is 5.05. The minimum absolute atomic E-state index is 0.0221. The van der Waals surface area contributed by atoms with E-state index in [1.165, 1.54) is 11.3 Å². The normalized spacial score (nSPS) is 28.3. The summed E-state index contributed by atoms with van der Waals surface area (Å²) in [5.41, 5.74) is 0.0221. The molecule has 0 radical (unpaired) electrons. The highest BCUT2D eigenvalue weighted by Gasteiger charge is 2.51. The van der Waals surface area contributed by atoms with Crippen LogP contribution in [-0.4, -0.2) is 48.8 Å². The lowest BCUT2D eigenvalue weighted by Crippen LogP contribution is -2.40. The first-order valence-corrected chi connectivity index (χ1v) is 8.45. The molecule has 1 aliphatic heterocycles. The van der Waals surface area contributed by atoms with E-state index in [2.05, 4.69) is 0 Å². The second-order valence-corrected chi connectivity index (χ2v) is 7.44. The highest BCUT2D eigenvalue weighted by atomic mass is 32.1. The second kappa shape index (κ2) is 5.44. The monoisotopic (exact) mass is 306 g/mol. The number of carbonyl (C=O) groups is 2. The number of carbonyl (C=O) groups excluding carboxylic acids is 2. The predicted molar refractivity (Wildman–Crippen MR) is 83.3 cm³/mol. The first-order valence-electron chi connectivity index (χ1n) is 7.57. The minimum atomic E-state index is 0.0221. The number of hydrogen-bond donors (Lipinski definition) is 0. The Morgan fingerprint density at radius 2 is 2.19 bits per heavy atom. The molecule has 4 nitrogen and oxygen atoms in total. The van der Waals surface area contributed by atoms with Gasteiger partial charge in [0.2, 0.25) is 5.91 Å². The highest BCUT2D eigenvalue weighted by molar-refractivity contribution is 7.12. The van der Waals surface area contributed by atoms with E-state index in [1.807, 2.05) is 36.5 Å². The molecule has 2 fully saturated rings. The van der Waals surface area contributed by atoms with Crippen molar-refractivity contribution in [1.82, 2.24) is 9.80 Å². The van der Waals surface area contributed by atoms with Gasteiger partial charge in [-0.15, -0.1) is 11.3 Å². The zero-order valence-corrected chi connectivity index (χ0v) is 13.5. The number of amides is 2. The molecule has 1 spiro atoms. The molecule has 1 aliphatic carbocycles. The number of likely N-dealkylation sites (tertiary alicyclic amines) is 1. The van der Waals surface area contributed by atoms with Crippen LogP contribution in [0.5, 0.6) is 0 Å². The smallest absolute Gasteiger partial charge is 0.263 e. The maximum atomic E-state index is 12.5. The van der Waals surface area contributed by atoms with E-state index in [0.717, 1.165) is 43.6 Å². The van der Waals surface area contributed by atoms with Crippen molar-refractivity contribution >= 4 is 23.2 Å². The van der Waals surface area contributed by atoms with Crippen molar-refractivity contribution in [2.75, 3.05) is 27.2 Å². The Bertz CT molecular complexity index is 540. The molecule has 3 rings (SSSR count). The molecule has 1 saturated heterocycles. The van der Waals surface area contributed by atoms with Crippen LogP contribution in [0, 0.1) is 11.3 Å². The third-order valence-corrected chi connectivity index (χ3v) is 5.91. The second-order valence-electron chi connectivity index (χ2n) is 6.49. The first kappa shape index (κ1) is 14.6. The summed E-state index contributed by atoms with van der Waals surface area (Å²) in [5, 5.41) is 1.94. The van der Waals surface area contributed by atoms with Crippen molar-refractivity contribution in [1.29, 1.82) is 0 Å². The van der Waals surface area contributed by atoms with Crippen LogP contribution >= 0.6 is 11.3 Å². The maximum absolute atomic E-state index is 12.5. The summed E-state index contributed by atoms with van der Waals surface area (Å²) in [4.78, 5) is 29.4. The predicted octanol–water partition coefficient (Wildman–Crippen LogP) is 2.47. The van der Waals surface area contributed by atoms with E-state index in [9.17, 15) is 9.59 Å². The van der Waals surface area contributed by atoms with Gasteiger partial charge >= 0.3 is 0 Å². The third kappa shape index (κ3) is 2.48. The molecule has 0 aromatic carbocycles. The summed E-state index contributed by atoms with van der Waals surface area (Å²) in [7, 11) is 3.66. The molecular formula is C16H22N2O2S. The molecule has 1 saturated carbocycles. The van der Waals surface area contributed by atoms with Crippen molar-refractivity contribution in [3.05, 3.63) is 22.4 Å². The number of hydrogen-bond acceptors (Lipinski definition) is 3. The largest absolute Gasteiger partial charge is 0.349 e. The van der Waals surface area contributed by atoms with Gasteiger partial charge < -0.3 is 9.80 Å². The Labute approximate surface area is 129 Å². The van der Waals surface area contributed by atoms with Gasteiger partial charge in [-0.05, 0) is 30.7 Å². The topological polar surface area (TPSA) is 40.6 Å². The van der Waals surface area contributed by atoms with E-state index in [1.54, 1.807) is 4.90 Å². The summed E-state index contributed by atoms with van der Waals surface area (Å²) in [6.45, 7) is 1.53. The van der Waals surface area contributed by atoms with Crippen LogP contribution in [0.4, 0.5) is 0 Å². The van der Waals surface area contributed by atoms with E-state index < -0.39 is 0 Å². The average molecular weight is 306 g/mol. The Kier molecular flexibility index (Phi) is 3.78. The van der Waals surface area contributed by atoms with Gasteiger partial charge in [0.05, 0.1) is 4.88 Å². The molecule has 0 bridgehead atoms. The van der Waals surface area contributed by atoms with Gasteiger partial charge in [-0.25, -0.2) is 0 Å². The van der Waals surface area contributed by atoms with Crippen LogP contribution in [0.3, 0.4) is 0 Å². The van der Waals surface area contributed by atoms with Crippen LogP contribution in [0.15, 0.2) is 17.5 Å². The molecule has 0 unspecified atom stereocenters. The Morgan fingerprint density at radius 3 is 2.86 bits per heavy atom. The van der Waals surface area contributed by atoms with Gasteiger partial charge in [-0.1, -0.05) is 12.5 Å². The van der Waals surface area contributed by atoms with Gasteiger partial charge in [-0.2, -0.15) is 0 Å². The summed E-state index contributed by atoms with van der Waals surface area (Å²) in [6, 6.07) is 3.80. The molecule has 0 N–H and O–H groups in total. The molecule has 2 amide bonds.